The van der Waals surface area contributed by atoms with Crippen LogP contribution < -0.4 is 27.2 Å². The molecule has 30 heavy (non-hydrogen) atoms. The predicted molar refractivity (Wildman–Crippen MR) is 119 cm³/mol. The predicted octanol–water partition coefficient (Wildman–Crippen LogP) is 1.91. The van der Waals surface area contributed by atoms with Gasteiger partial charge in [-0.1, -0.05) is 30.3 Å². The normalized spacial score (nSPS) is 14.1. The molecule has 8 heteroatoms. The highest BCUT2D eigenvalue weighted by atomic mass is 16.2. The molecule has 0 saturated carbocycles. The van der Waals surface area contributed by atoms with Crippen molar-refractivity contribution in [3.8, 4) is 0 Å². The lowest BCUT2D eigenvalue weighted by Crippen LogP contribution is -2.46. The number of rotatable bonds is 4. The highest BCUT2D eigenvalue weighted by molar-refractivity contribution is 5.94. The second kappa shape index (κ2) is 8.06. The van der Waals surface area contributed by atoms with Gasteiger partial charge in [-0.15, -0.1) is 0 Å². The number of fused-ring (bicyclic) bond motifs is 1. The molecule has 1 aliphatic heterocycles. The smallest absolute Gasteiger partial charge is 0.332 e. The van der Waals surface area contributed by atoms with Crippen molar-refractivity contribution in [3.05, 3.63) is 63.3 Å². The standard InChI is InChI=1S/C22H25N5O3/c1-25-20(23)19(26-11-5-2-6-12-26)21(29)27(22(25)30)14-18(28)24-17-10-9-15-7-3-4-8-16(15)13-17/h3-4,7-10,13H,2,5-6,11-12,14,23H2,1H3,(H,24,28). The van der Waals surface area contributed by atoms with Gasteiger partial charge in [0.15, 0.2) is 0 Å². The molecule has 2 aromatic carbocycles. The number of carbonyl (C=O) groups excluding carboxylic acids is 1. The van der Waals surface area contributed by atoms with E-state index in [0.29, 0.717) is 24.5 Å². The number of amides is 1. The molecule has 1 fully saturated rings. The van der Waals surface area contributed by atoms with Crippen LogP contribution in [0.25, 0.3) is 10.8 Å². The van der Waals surface area contributed by atoms with Crippen LogP contribution in [-0.4, -0.2) is 28.1 Å². The number of piperidine rings is 1. The van der Waals surface area contributed by atoms with Gasteiger partial charge in [0.2, 0.25) is 5.91 Å². The van der Waals surface area contributed by atoms with Gasteiger partial charge in [0.25, 0.3) is 5.56 Å². The summed E-state index contributed by atoms with van der Waals surface area (Å²) in [5.74, 6) is -0.308. The van der Waals surface area contributed by atoms with E-state index in [4.69, 9.17) is 5.73 Å². The largest absolute Gasteiger partial charge is 0.383 e. The molecule has 0 unspecified atom stereocenters. The van der Waals surface area contributed by atoms with Crippen molar-refractivity contribution in [1.29, 1.82) is 0 Å². The summed E-state index contributed by atoms with van der Waals surface area (Å²) < 4.78 is 2.19. The van der Waals surface area contributed by atoms with Crippen LogP contribution in [0, 0.1) is 0 Å². The molecule has 1 aromatic heterocycles. The first-order valence-electron chi connectivity index (χ1n) is 10.1. The van der Waals surface area contributed by atoms with Crippen molar-refractivity contribution in [2.24, 2.45) is 7.05 Å². The quantitative estimate of drug-likeness (QED) is 0.688. The van der Waals surface area contributed by atoms with E-state index in [9.17, 15) is 14.4 Å². The molecule has 0 bridgehead atoms. The lowest BCUT2D eigenvalue weighted by molar-refractivity contribution is -0.116. The minimum Gasteiger partial charge on any atom is -0.383 e. The Morgan fingerprint density at radius 2 is 1.73 bits per heavy atom. The number of nitrogen functional groups attached to an aromatic ring is 1. The lowest BCUT2D eigenvalue weighted by Gasteiger charge is -2.29. The highest BCUT2D eigenvalue weighted by Gasteiger charge is 2.23. The second-order valence-corrected chi connectivity index (χ2v) is 7.62. The summed E-state index contributed by atoms with van der Waals surface area (Å²) in [4.78, 5) is 40.3. The second-order valence-electron chi connectivity index (χ2n) is 7.62. The Labute approximate surface area is 173 Å². The van der Waals surface area contributed by atoms with Crippen LogP contribution >= 0.6 is 0 Å². The Balaban J connectivity index is 1.63. The SMILES string of the molecule is Cn1c(N)c(N2CCCCC2)c(=O)n(CC(=O)Nc2ccc3ccccc3c2)c1=O. The third kappa shape index (κ3) is 3.68. The molecule has 0 radical (unpaired) electrons. The zero-order valence-corrected chi connectivity index (χ0v) is 16.9. The average Bonchev–Trinajstić information content (AvgIpc) is 2.76. The summed E-state index contributed by atoms with van der Waals surface area (Å²) in [7, 11) is 1.52. The molecule has 1 saturated heterocycles. The summed E-state index contributed by atoms with van der Waals surface area (Å²) in [5.41, 5.74) is 5.88. The molecule has 3 N–H and O–H groups in total. The van der Waals surface area contributed by atoms with E-state index in [1.54, 1.807) is 6.07 Å². The van der Waals surface area contributed by atoms with E-state index in [1.807, 2.05) is 41.3 Å². The van der Waals surface area contributed by atoms with Gasteiger partial charge in [-0.2, -0.15) is 0 Å². The van der Waals surface area contributed by atoms with Crippen molar-refractivity contribution in [3.63, 3.8) is 0 Å². The third-order valence-electron chi connectivity index (χ3n) is 5.58. The van der Waals surface area contributed by atoms with Crippen molar-refractivity contribution >= 4 is 33.9 Å². The average molecular weight is 407 g/mol. The lowest BCUT2D eigenvalue weighted by atomic mass is 10.1. The number of hydrogen-bond donors (Lipinski definition) is 2. The Morgan fingerprint density at radius 3 is 2.47 bits per heavy atom. The summed E-state index contributed by atoms with van der Waals surface area (Å²) in [6.07, 6.45) is 3.03. The molecule has 4 rings (SSSR count). The van der Waals surface area contributed by atoms with Crippen LogP contribution in [0.3, 0.4) is 0 Å². The maximum atomic E-state index is 13.1. The number of nitrogens with one attached hydrogen (secondary N) is 1. The number of carbonyl (C=O) groups is 1. The number of nitrogens with two attached hydrogens (primary N) is 1. The van der Waals surface area contributed by atoms with Gasteiger partial charge in [0.1, 0.15) is 18.1 Å². The van der Waals surface area contributed by atoms with Crippen LogP contribution in [0.2, 0.25) is 0 Å². The fourth-order valence-corrected chi connectivity index (χ4v) is 3.93. The fourth-order valence-electron chi connectivity index (χ4n) is 3.93. The van der Waals surface area contributed by atoms with E-state index in [0.717, 1.165) is 34.6 Å². The van der Waals surface area contributed by atoms with Gasteiger partial charge in [0, 0.05) is 25.8 Å². The number of benzene rings is 2. The van der Waals surface area contributed by atoms with E-state index in [2.05, 4.69) is 5.32 Å². The Morgan fingerprint density at radius 1 is 1.03 bits per heavy atom. The van der Waals surface area contributed by atoms with Gasteiger partial charge in [-0.3, -0.25) is 14.2 Å². The zero-order valence-electron chi connectivity index (χ0n) is 16.9. The van der Waals surface area contributed by atoms with Gasteiger partial charge < -0.3 is 16.0 Å². The van der Waals surface area contributed by atoms with Crippen LogP contribution in [0.1, 0.15) is 19.3 Å². The van der Waals surface area contributed by atoms with E-state index in [-0.39, 0.29) is 12.4 Å². The molecular formula is C22H25N5O3. The molecule has 156 valence electrons. The number of anilines is 3. The minimum absolute atomic E-state index is 0.137. The molecular weight excluding hydrogens is 382 g/mol. The van der Waals surface area contributed by atoms with Crippen molar-refractivity contribution in [2.45, 2.75) is 25.8 Å². The third-order valence-corrected chi connectivity index (χ3v) is 5.58. The van der Waals surface area contributed by atoms with Crippen molar-refractivity contribution in [2.75, 3.05) is 29.0 Å². The first kappa shape index (κ1) is 19.8. The van der Waals surface area contributed by atoms with E-state index in [1.165, 1.54) is 11.6 Å². The molecule has 8 nitrogen and oxygen atoms in total. The summed E-state index contributed by atoms with van der Waals surface area (Å²) in [6.45, 7) is 1.04. The molecule has 0 atom stereocenters. The molecule has 0 aliphatic carbocycles. The molecule has 1 amide bonds. The fraction of sp³-hybridized carbons (Fsp3) is 0.318. The topological polar surface area (TPSA) is 102 Å². The van der Waals surface area contributed by atoms with E-state index < -0.39 is 17.2 Å². The van der Waals surface area contributed by atoms with Gasteiger partial charge in [0.05, 0.1) is 0 Å². The summed E-state index contributed by atoms with van der Waals surface area (Å²) >= 11 is 0. The van der Waals surface area contributed by atoms with Crippen molar-refractivity contribution < 1.29 is 4.79 Å². The maximum absolute atomic E-state index is 13.1. The van der Waals surface area contributed by atoms with Crippen LogP contribution in [0.5, 0.6) is 0 Å². The summed E-state index contributed by atoms with van der Waals surface area (Å²) in [5, 5.41) is 4.83. The molecule has 2 heterocycles. The van der Waals surface area contributed by atoms with Gasteiger partial charge in [-0.05, 0) is 42.2 Å². The van der Waals surface area contributed by atoms with Crippen LogP contribution in [-0.2, 0) is 18.4 Å². The minimum atomic E-state index is -0.605. The maximum Gasteiger partial charge on any atom is 0.332 e. The zero-order chi connectivity index (χ0) is 21.3. The molecule has 0 spiro atoms. The Hall–Kier alpha value is -3.55. The Kier molecular flexibility index (Phi) is 5.31. The van der Waals surface area contributed by atoms with Crippen LogP contribution in [0.4, 0.5) is 17.2 Å². The highest BCUT2D eigenvalue weighted by Crippen LogP contribution is 2.21. The molecule has 3 aromatic rings. The first-order valence-corrected chi connectivity index (χ1v) is 10.1. The van der Waals surface area contributed by atoms with Gasteiger partial charge >= 0.3 is 5.69 Å². The monoisotopic (exact) mass is 407 g/mol. The number of nitrogens with zero attached hydrogens (tertiary/aromatic N) is 3. The first-order chi connectivity index (χ1) is 14.5. The van der Waals surface area contributed by atoms with Gasteiger partial charge in [-0.25, -0.2) is 9.36 Å². The number of aromatic nitrogens is 2. The van der Waals surface area contributed by atoms with Crippen molar-refractivity contribution in [1.82, 2.24) is 9.13 Å². The van der Waals surface area contributed by atoms with E-state index >= 15 is 0 Å². The summed E-state index contributed by atoms with van der Waals surface area (Å²) in [6, 6.07) is 13.4. The Bertz CT molecular complexity index is 1220. The van der Waals surface area contributed by atoms with Crippen LogP contribution in [0.15, 0.2) is 52.1 Å². The molecule has 1 aliphatic rings. The number of hydrogen-bond acceptors (Lipinski definition) is 5.